The molecule has 0 heterocycles. The van der Waals surface area contributed by atoms with Crippen molar-refractivity contribution in [3.8, 4) is 0 Å². The number of carboxylic acid groups (broad SMARTS) is 1. The molecule has 0 saturated heterocycles. The van der Waals surface area contributed by atoms with Crippen molar-refractivity contribution in [2.75, 3.05) is 50.9 Å². The second-order valence-electron chi connectivity index (χ2n) is 29.4. The van der Waals surface area contributed by atoms with Crippen LogP contribution in [-0.2, 0) is 52.6 Å². The zero-order chi connectivity index (χ0) is 77.4. The van der Waals surface area contributed by atoms with Crippen LogP contribution in [0.2, 0.25) is 0 Å². The Balaban J connectivity index is 6.62. The minimum atomic E-state index is -1.62. The van der Waals surface area contributed by atoms with E-state index in [2.05, 4.69) is 52.7 Å². The fourth-order valence-electron chi connectivity index (χ4n) is 12.9. The van der Waals surface area contributed by atoms with Crippen molar-refractivity contribution >= 4 is 65.1 Å². The summed E-state index contributed by atoms with van der Waals surface area (Å²) < 4.78 is 11.8. The van der Waals surface area contributed by atoms with Gasteiger partial charge in [0.05, 0.1) is 6.61 Å². The van der Waals surface area contributed by atoms with E-state index in [0.717, 1.165) is 64.2 Å². The molecule has 0 saturated carbocycles. The molecule has 0 aromatic heterocycles. The summed E-state index contributed by atoms with van der Waals surface area (Å²) in [4.78, 5) is 124. The van der Waals surface area contributed by atoms with E-state index in [-0.39, 0.29) is 82.1 Å². The second kappa shape index (κ2) is 73.5. The standard InChI is InChI=1S/C81H156N10O13S/c1-4-7-10-13-16-19-22-25-28-31-34-37-40-55-73(93)86-72(65-105-64-66(104-75(95)57-42-39-36-33-30-27-24-21-18-15-12-9-6-3)63-103-74(94)56-41-38-35-32-29-26-23-20-17-14-11-8-5-2)80(100)91-71(62-92)79(99)89-68(52-44-48-59-83)77(97)87-67(51-43-47-58-82)76(96)88-69(53-45-49-60-84)78(98)90-70(81(101)102)54-46-50-61-85/h66-72,92H,4-65,82-85H2,1-3H3,(H,86,93)(H,87,97)(H,88,96)(H,89,99)(H,90,98)(H,91,100)(H,101,102)/t66?,67-,68-,69-,70-,71-,72?/m0/s1. The van der Waals surface area contributed by atoms with Crippen LogP contribution in [-0.4, -0.2) is 157 Å². The number of rotatable bonds is 78. The molecule has 23 nitrogen and oxygen atoms in total. The molecule has 0 aliphatic heterocycles. The van der Waals surface area contributed by atoms with Gasteiger partial charge in [0.25, 0.3) is 0 Å². The van der Waals surface area contributed by atoms with E-state index in [1.165, 1.54) is 179 Å². The Hall–Kier alpha value is -4.62. The van der Waals surface area contributed by atoms with Crippen LogP contribution in [0.15, 0.2) is 0 Å². The molecule has 0 aliphatic rings. The molecule has 6 amide bonds. The molecule has 614 valence electrons. The summed E-state index contributed by atoms with van der Waals surface area (Å²) in [6.45, 7) is 6.81. The van der Waals surface area contributed by atoms with E-state index in [1.807, 2.05) is 0 Å². The summed E-state index contributed by atoms with van der Waals surface area (Å²) in [6.07, 6.45) is 48.7. The van der Waals surface area contributed by atoms with E-state index in [9.17, 15) is 53.4 Å². The number of amides is 6. The number of carbonyl (C=O) groups is 9. The van der Waals surface area contributed by atoms with Gasteiger partial charge in [-0.1, -0.05) is 252 Å². The number of carboxylic acids is 1. The predicted octanol–water partition coefficient (Wildman–Crippen LogP) is 13.1. The van der Waals surface area contributed by atoms with Crippen LogP contribution in [0.5, 0.6) is 0 Å². The Labute approximate surface area is 640 Å². The van der Waals surface area contributed by atoms with E-state index >= 15 is 0 Å². The highest BCUT2D eigenvalue weighted by molar-refractivity contribution is 7.99. The van der Waals surface area contributed by atoms with Crippen LogP contribution >= 0.6 is 11.8 Å². The van der Waals surface area contributed by atoms with Gasteiger partial charge in [-0.05, 0) is 122 Å². The number of thioether (sulfide) groups is 1. The van der Waals surface area contributed by atoms with Crippen molar-refractivity contribution in [1.82, 2.24) is 31.9 Å². The van der Waals surface area contributed by atoms with Crippen LogP contribution in [0.3, 0.4) is 0 Å². The average molecular weight is 1510 g/mol. The van der Waals surface area contributed by atoms with Gasteiger partial charge in [0.2, 0.25) is 35.4 Å². The summed E-state index contributed by atoms with van der Waals surface area (Å²) in [6, 6.07) is -7.86. The molecule has 0 rings (SSSR count). The number of aliphatic hydroxyl groups is 1. The van der Waals surface area contributed by atoms with Gasteiger partial charge >= 0.3 is 17.9 Å². The highest BCUT2D eigenvalue weighted by Crippen LogP contribution is 2.20. The zero-order valence-corrected chi connectivity index (χ0v) is 67.3. The summed E-state index contributed by atoms with van der Waals surface area (Å²) >= 11 is 1.20. The van der Waals surface area contributed by atoms with Crippen LogP contribution in [0.1, 0.15) is 367 Å². The first-order chi connectivity index (χ1) is 51.0. The fraction of sp³-hybridized carbons (Fsp3) is 0.889. The Bertz CT molecular complexity index is 2170. The van der Waals surface area contributed by atoms with Crippen molar-refractivity contribution in [2.24, 2.45) is 22.9 Å². The molecule has 0 fully saturated rings. The predicted molar refractivity (Wildman–Crippen MR) is 427 cm³/mol. The Morgan fingerprint density at radius 3 is 0.914 bits per heavy atom. The van der Waals surface area contributed by atoms with Crippen molar-refractivity contribution in [3.05, 3.63) is 0 Å². The molecule has 24 heteroatoms. The number of nitrogens with one attached hydrogen (secondary N) is 6. The molecule has 0 aromatic rings. The number of carbonyl (C=O) groups excluding carboxylic acids is 8. The summed E-state index contributed by atoms with van der Waals surface area (Å²) in [5.41, 5.74) is 23.1. The SMILES string of the molecule is CCCCCCCCCCCCCCCC(=O)NC(CSCC(COC(=O)CCCCCCCCCCCCCCC)OC(=O)CCCCCCCCCCCCCCC)C(=O)N[C@@H](CO)C(=O)N[C@@H](CCCCN)C(=O)N[C@@H](CCCCN)C(=O)N[C@@H](CCCCN)C(=O)N[C@@H](CCCCN)C(=O)O. The quantitative estimate of drug-likeness (QED) is 0.0199. The van der Waals surface area contributed by atoms with E-state index in [1.54, 1.807) is 0 Å². The van der Waals surface area contributed by atoms with Crippen molar-refractivity contribution < 1.29 is 62.8 Å². The molecular weight excluding hydrogens is 1350 g/mol. The van der Waals surface area contributed by atoms with Crippen molar-refractivity contribution in [3.63, 3.8) is 0 Å². The molecular formula is C81H156N10O13S. The van der Waals surface area contributed by atoms with Crippen LogP contribution in [0.25, 0.3) is 0 Å². The zero-order valence-electron chi connectivity index (χ0n) is 66.5. The normalized spacial score (nSPS) is 13.4. The lowest BCUT2D eigenvalue weighted by Gasteiger charge is -2.27. The number of hydrogen-bond acceptors (Lipinski definition) is 17. The van der Waals surface area contributed by atoms with Gasteiger partial charge in [0.15, 0.2) is 0 Å². The van der Waals surface area contributed by atoms with Gasteiger partial charge in [0, 0.05) is 30.8 Å². The lowest BCUT2D eigenvalue weighted by molar-refractivity contribution is -0.157. The minimum Gasteiger partial charge on any atom is -0.480 e. The summed E-state index contributed by atoms with van der Waals surface area (Å²) in [7, 11) is 0. The number of aliphatic hydroxyl groups excluding tert-OH is 1. The molecule has 0 aromatic carbocycles. The average Bonchev–Trinajstić information content (AvgIpc) is 0.864. The van der Waals surface area contributed by atoms with Gasteiger partial charge in [0.1, 0.15) is 49.0 Å². The first-order valence-electron chi connectivity index (χ1n) is 42.4. The lowest BCUT2D eigenvalue weighted by Crippen LogP contribution is -2.60. The molecule has 105 heavy (non-hydrogen) atoms. The fourth-order valence-corrected chi connectivity index (χ4v) is 13.9. The Morgan fingerprint density at radius 1 is 0.314 bits per heavy atom. The van der Waals surface area contributed by atoms with E-state index < -0.39 is 96.3 Å². The van der Waals surface area contributed by atoms with Gasteiger partial charge < -0.3 is 74.5 Å². The van der Waals surface area contributed by atoms with Gasteiger partial charge in [-0.15, -0.1) is 0 Å². The van der Waals surface area contributed by atoms with Crippen molar-refractivity contribution in [2.45, 2.75) is 410 Å². The number of unbranched alkanes of at least 4 members (excludes halogenated alkanes) is 40. The summed E-state index contributed by atoms with van der Waals surface area (Å²) in [5.74, 6) is -6.35. The Morgan fingerprint density at radius 2 is 0.590 bits per heavy atom. The highest BCUT2D eigenvalue weighted by atomic mass is 32.2. The third-order valence-electron chi connectivity index (χ3n) is 19.6. The van der Waals surface area contributed by atoms with Crippen LogP contribution < -0.4 is 54.8 Å². The van der Waals surface area contributed by atoms with Crippen LogP contribution in [0.4, 0.5) is 0 Å². The molecule has 7 atom stereocenters. The third-order valence-corrected chi connectivity index (χ3v) is 20.7. The van der Waals surface area contributed by atoms with Gasteiger partial charge in [-0.3, -0.25) is 38.4 Å². The first kappa shape index (κ1) is 100. The Kier molecular flexibility index (Phi) is 70.3. The first-order valence-corrected chi connectivity index (χ1v) is 43.6. The molecule has 2 unspecified atom stereocenters. The van der Waals surface area contributed by atoms with Crippen LogP contribution in [0, 0.1) is 0 Å². The smallest absolute Gasteiger partial charge is 0.326 e. The minimum absolute atomic E-state index is 0.0390. The molecule has 0 radical (unpaired) electrons. The maximum absolute atomic E-state index is 14.5. The highest BCUT2D eigenvalue weighted by Gasteiger charge is 2.34. The maximum atomic E-state index is 14.5. The third kappa shape index (κ3) is 59.9. The second-order valence-corrected chi connectivity index (χ2v) is 30.5. The number of ether oxygens (including phenoxy) is 2. The number of hydrogen-bond donors (Lipinski definition) is 12. The van der Waals surface area contributed by atoms with E-state index in [0.29, 0.717) is 83.7 Å². The summed E-state index contributed by atoms with van der Waals surface area (Å²) in [5, 5.41) is 36.9. The molecule has 16 N–H and O–H groups in total. The maximum Gasteiger partial charge on any atom is 0.326 e. The monoisotopic (exact) mass is 1510 g/mol. The molecule has 0 bridgehead atoms. The largest absolute Gasteiger partial charge is 0.480 e. The molecule has 0 spiro atoms. The molecule has 0 aliphatic carbocycles. The van der Waals surface area contributed by atoms with Gasteiger partial charge in [-0.2, -0.15) is 11.8 Å². The van der Waals surface area contributed by atoms with E-state index in [4.69, 9.17) is 32.4 Å². The number of esters is 2. The lowest BCUT2D eigenvalue weighted by atomic mass is 10.0. The topological polar surface area (TPSA) is 389 Å². The number of nitrogens with two attached hydrogens (primary N) is 4. The van der Waals surface area contributed by atoms with Crippen molar-refractivity contribution in [1.29, 1.82) is 0 Å². The van der Waals surface area contributed by atoms with Gasteiger partial charge in [-0.25, -0.2) is 4.79 Å². The number of aliphatic carboxylic acids is 1.